The summed E-state index contributed by atoms with van der Waals surface area (Å²) in [5.41, 5.74) is -0.119. The van der Waals surface area contributed by atoms with Gasteiger partial charge < -0.3 is 10.4 Å². The van der Waals surface area contributed by atoms with E-state index in [9.17, 15) is 9.59 Å². The Hall–Kier alpha value is -1.62. The van der Waals surface area contributed by atoms with Crippen LogP contribution in [0.3, 0.4) is 0 Å². The quantitative estimate of drug-likeness (QED) is 0.805. The van der Waals surface area contributed by atoms with E-state index in [0.29, 0.717) is 6.42 Å². The van der Waals surface area contributed by atoms with Crippen LogP contribution in [0.5, 0.6) is 0 Å². The molecular formula is C13H17NO3S. The summed E-state index contributed by atoms with van der Waals surface area (Å²) in [5, 5.41) is 13.5. The second kappa shape index (κ2) is 5.82. The van der Waals surface area contributed by atoms with Crippen LogP contribution in [0.4, 0.5) is 0 Å². The number of hydrogen-bond acceptors (Lipinski definition) is 3. The SMILES string of the molecule is CCC(C)(NC(=O)C=Cc1sccc1C)C(=O)O. The highest BCUT2D eigenvalue weighted by Gasteiger charge is 2.31. The maximum Gasteiger partial charge on any atom is 0.329 e. The van der Waals surface area contributed by atoms with E-state index in [1.165, 1.54) is 24.3 Å². The Kier molecular flexibility index (Phi) is 4.67. The molecule has 0 saturated carbocycles. The van der Waals surface area contributed by atoms with Crippen LogP contribution in [0.2, 0.25) is 0 Å². The van der Waals surface area contributed by atoms with E-state index >= 15 is 0 Å². The Labute approximate surface area is 110 Å². The van der Waals surface area contributed by atoms with Crippen molar-refractivity contribution in [3.8, 4) is 0 Å². The third-order valence-electron chi connectivity index (χ3n) is 2.87. The lowest BCUT2D eigenvalue weighted by molar-refractivity contribution is -0.146. The van der Waals surface area contributed by atoms with E-state index in [2.05, 4.69) is 5.32 Å². The highest BCUT2D eigenvalue weighted by atomic mass is 32.1. The second-order valence-electron chi connectivity index (χ2n) is 4.28. The maximum atomic E-state index is 11.7. The van der Waals surface area contributed by atoms with Crippen molar-refractivity contribution in [2.75, 3.05) is 0 Å². The Bertz CT molecular complexity index is 478. The van der Waals surface area contributed by atoms with Crippen LogP contribution in [0.1, 0.15) is 30.7 Å². The van der Waals surface area contributed by atoms with Crippen LogP contribution in [-0.4, -0.2) is 22.5 Å². The summed E-state index contributed by atoms with van der Waals surface area (Å²) in [6, 6.07) is 1.97. The first-order valence-corrected chi connectivity index (χ1v) is 6.54. The number of amides is 1. The number of thiophene rings is 1. The van der Waals surface area contributed by atoms with Gasteiger partial charge in [0.1, 0.15) is 5.54 Å². The van der Waals surface area contributed by atoms with Gasteiger partial charge in [-0.3, -0.25) is 4.79 Å². The van der Waals surface area contributed by atoms with Gasteiger partial charge in [0.25, 0.3) is 0 Å². The lowest BCUT2D eigenvalue weighted by atomic mass is 9.99. The highest BCUT2D eigenvalue weighted by molar-refractivity contribution is 7.11. The van der Waals surface area contributed by atoms with Gasteiger partial charge in [0, 0.05) is 11.0 Å². The van der Waals surface area contributed by atoms with Crippen molar-refractivity contribution in [1.82, 2.24) is 5.32 Å². The molecule has 98 valence electrons. The van der Waals surface area contributed by atoms with Crippen LogP contribution in [-0.2, 0) is 9.59 Å². The Morgan fingerprint density at radius 3 is 2.67 bits per heavy atom. The molecule has 0 spiro atoms. The minimum Gasteiger partial charge on any atom is -0.480 e. The van der Waals surface area contributed by atoms with E-state index in [1.54, 1.807) is 13.0 Å². The fourth-order valence-corrected chi connectivity index (χ4v) is 2.13. The third-order valence-corrected chi connectivity index (χ3v) is 3.85. The van der Waals surface area contributed by atoms with Gasteiger partial charge in [0.2, 0.25) is 5.91 Å². The summed E-state index contributed by atoms with van der Waals surface area (Å²) in [6.07, 6.45) is 3.41. The molecule has 0 radical (unpaired) electrons. The fraction of sp³-hybridized carbons (Fsp3) is 0.385. The molecule has 1 unspecified atom stereocenters. The second-order valence-corrected chi connectivity index (χ2v) is 5.23. The van der Waals surface area contributed by atoms with E-state index in [1.807, 2.05) is 18.4 Å². The summed E-state index contributed by atoms with van der Waals surface area (Å²) in [5.74, 6) is -1.42. The molecule has 0 fully saturated rings. The lowest BCUT2D eigenvalue weighted by Crippen LogP contribution is -2.51. The number of carboxylic acid groups (broad SMARTS) is 1. The van der Waals surface area contributed by atoms with Crippen molar-refractivity contribution in [2.24, 2.45) is 0 Å². The monoisotopic (exact) mass is 267 g/mol. The number of nitrogens with one attached hydrogen (secondary N) is 1. The van der Waals surface area contributed by atoms with Gasteiger partial charge in [-0.05, 0) is 43.4 Å². The molecule has 0 bridgehead atoms. The van der Waals surface area contributed by atoms with E-state index in [4.69, 9.17) is 5.11 Å². The predicted molar refractivity (Wildman–Crippen MR) is 72.6 cm³/mol. The zero-order chi connectivity index (χ0) is 13.8. The molecule has 1 atom stereocenters. The molecule has 1 amide bonds. The number of hydrogen-bond donors (Lipinski definition) is 2. The van der Waals surface area contributed by atoms with Gasteiger partial charge in [-0.25, -0.2) is 4.79 Å². The molecule has 0 saturated heterocycles. The molecule has 18 heavy (non-hydrogen) atoms. The van der Waals surface area contributed by atoms with Crippen molar-refractivity contribution >= 4 is 29.3 Å². The zero-order valence-electron chi connectivity index (χ0n) is 10.7. The van der Waals surface area contributed by atoms with Crippen molar-refractivity contribution in [3.63, 3.8) is 0 Å². The zero-order valence-corrected chi connectivity index (χ0v) is 11.5. The van der Waals surface area contributed by atoms with Gasteiger partial charge in [0.15, 0.2) is 0 Å². The van der Waals surface area contributed by atoms with Crippen molar-refractivity contribution in [2.45, 2.75) is 32.7 Å². The van der Waals surface area contributed by atoms with Crippen molar-refractivity contribution < 1.29 is 14.7 Å². The smallest absolute Gasteiger partial charge is 0.329 e. The Morgan fingerprint density at radius 1 is 1.56 bits per heavy atom. The van der Waals surface area contributed by atoms with Crippen LogP contribution in [0.25, 0.3) is 6.08 Å². The standard InChI is InChI=1S/C13H17NO3S/c1-4-13(3,12(16)17)14-11(15)6-5-10-9(2)7-8-18-10/h5-8H,4H2,1-3H3,(H,14,15)(H,16,17). The molecule has 0 aliphatic rings. The third kappa shape index (κ3) is 3.43. The molecule has 1 aromatic heterocycles. The van der Waals surface area contributed by atoms with Gasteiger partial charge in [-0.1, -0.05) is 6.92 Å². The summed E-state index contributed by atoms with van der Waals surface area (Å²) < 4.78 is 0. The number of carbonyl (C=O) groups excluding carboxylic acids is 1. The lowest BCUT2D eigenvalue weighted by Gasteiger charge is -2.23. The van der Waals surface area contributed by atoms with E-state index in [-0.39, 0.29) is 0 Å². The average molecular weight is 267 g/mol. The first kappa shape index (κ1) is 14.4. The molecule has 4 nitrogen and oxygen atoms in total. The molecule has 1 aromatic rings. The summed E-state index contributed by atoms with van der Waals surface area (Å²) in [4.78, 5) is 23.7. The minimum atomic E-state index is -1.22. The van der Waals surface area contributed by atoms with Crippen LogP contribution >= 0.6 is 11.3 Å². The molecular weight excluding hydrogens is 250 g/mol. The summed E-state index contributed by atoms with van der Waals surface area (Å²) >= 11 is 1.54. The molecule has 0 aliphatic heterocycles. The topological polar surface area (TPSA) is 66.4 Å². The first-order chi connectivity index (χ1) is 8.39. The summed E-state index contributed by atoms with van der Waals surface area (Å²) in [6.45, 7) is 5.18. The molecule has 1 heterocycles. The summed E-state index contributed by atoms with van der Waals surface area (Å²) in [7, 11) is 0. The largest absolute Gasteiger partial charge is 0.480 e. The predicted octanol–water partition coefficient (Wildman–Crippen LogP) is 2.44. The number of rotatable bonds is 5. The molecule has 2 N–H and O–H groups in total. The van der Waals surface area contributed by atoms with Gasteiger partial charge in [-0.15, -0.1) is 11.3 Å². The maximum absolute atomic E-state index is 11.7. The van der Waals surface area contributed by atoms with Gasteiger partial charge in [-0.2, -0.15) is 0 Å². The number of carbonyl (C=O) groups is 2. The van der Waals surface area contributed by atoms with Crippen LogP contribution < -0.4 is 5.32 Å². The average Bonchev–Trinajstić information content (AvgIpc) is 2.72. The Morgan fingerprint density at radius 2 is 2.22 bits per heavy atom. The fourth-order valence-electron chi connectivity index (χ4n) is 1.31. The van der Waals surface area contributed by atoms with Crippen molar-refractivity contribution in [1.29, 1.82) is 0 Å². The molecule has 5 heteroatoms. The van der Waals surface area contributed by atoms with E-state index < -0.39 is 17.4 Å². The van der Waals surface area contributed by atoms with E-state index in [0.717, 1.165) is 10.4 Å². The molecule has 0 aliphatic carbocycles. The Balaban J connectivity index is 2.70. The first-order valence-electron chi connectivity index (χ1n) is 5.67. The van der Waals surface area contributed by atoms with Gasteiger partial charge in [0.05, 0.1) is 0 Å². The van der Waals surface area contributed by atoms with Crippen LogP contribution in [0, 0.1) is 6.92 Å². The minimum absolute atomic E-state index is 0.333. The molecule has 0 aromatic carbocycles. The van der Waals surface area contributed by atoms with Crippen LogP contribution in [0.15, 0.2) is 17.5 Å². The number of aliphatic carboxylic acids is 1. The highest BCUT2D eigenvalue weighted by Crippen LogP contribution is 2.17. The van der Waals surface area contributed by atoms with Gasteiger partial charge >= 0.3 is 5.97 Å². The number of carboxylic acids is 1. The number of aryl methyl sites for hydroxylation is 1. The molecule has 1 rings (SSSR count). The van der Waals surface area contributed by atoms with Crippen molar-refractivity contribution in [3.05, 3.63) is 28.0 Å². The normalized spacial score (nSPS) is 14.4.